The van der Waals surface area contributed by atoms with Crippen LogP contribution in [0, 0.1) is 0 Å². The van der Waals surface area contributed by atoms with Crippen LogP contribution in [0.4, 0.5) is 0 Å². The van der Waals surface area contributed by atoms with E-state index in [1.165, 1.54) is 6.26 Å². The highest BCUT2D eigenvalue weighted by Gasteiger charge is 2.06. The lowest BCUT2D eigenvalue weighted by Crippen LogP contribution is -1.96. The Kier molecular flexibility index (Phi) is 2.36. The number of hydrogen-bond acceptors (Lipinski definition) is 2. The van der Waals surface area contributed by atoms with Crippen LogP contribution in [0.5, 0.6) is 0 Å². The van der Waals surface area contributed by atoms with E-state index in [1.54, 1.807) is 18.2 Å². The Morgan fingerprint density at radius 2 is 2.00 bits per heavy atom. The first-order chi connectivity index (χ1) is 5.50. The fourth-order valence-electron chi connectivity index (χ4n) is 0.797. The molecule has 0 aromatic heterocycles. The second-order valence-electron chi connectivity index (χ2n) is 2.69. The average Bonchev–Trinajstić information content (AvgIpc) is 2.11. The molecule has 0 unspecified atom stereocenters. The highest BCUT2D eigenvalue weighted by molar-refractivity contribution is 7.94. The number of rotatable bonds is 1. The molecule has 2 nitrogen and oxygen atoms in total. The van der Waals surface area contributed by atoms with Gasteiger partial charge in [0.2, 0.25) is 0 Å². The first-order valence-corrected chi connectivity index (χ1v) is 5.41. The Morgan fingerprint density at radius 3 is 2.58 bits per heavy atom. The van der Waals surface area contributed by atoms with E-state index in [9.17, 15) is 8.42 Å². The molecular formula is C9H10O2S. The molecule has 3 heteroatoms. The van der Waals surface area contributed by atoms with Crippen molar-refractivity contribution in [2.24, 2.45) is 0 Å². The summed E-state index contributed by atoms with van der Waals surface area (Å²) in [5.41, 5.74) is 3.71. The molecule has 64 valence electrons. The molecule has 12 heavy (non-hydrogen) atoms. The van der Waals surface area contributed by atoms with Crippen molar-refractivity contribution in [3.8, 4) is 0 Å². The van der Waals surface area contributed by atoms with Gasteiger partial charge in [0.15, 0.2) is 9.84 Å². The lowest BCUT2D eigenvalue weighted by Gasteiger charge is -1.92. The van der Waals surface area contributed by atoms with Crippen LogP contribution in [0.3, 0.4) is 0 Å². The lowest BCUT2D eigenvalue weighted by molar-refractivity contribution is 0.608. The van der Waals surface area contributed by atoms with Crippen LogP contribution in [-0.2, 0) is 9.84 Å². The van der Waals surface area contributed by atoms with Gasteiger partial charge in [0, 0.05) is 6.26 Å². The smallest absolute Gasteiger partial charge is 0.182 e. The third kappa shape index (κ3) is 2.22. The van der Waals surface area contributed by atoms with Gasteiger partial charge in [-0.25, -0.2) is 8.42 Å². The van der Waals surface area contributed by atoms with Crippen LogP contribution in [-0.4, -0.2) is 14.7 Å². The Balaban J connectivity index is 3.18. The van der Waals surface area contributed by atoms with Crippen molar-refractivity contribution < 1.29 is 8.42 Å². The third-order valence-corrected chi connectivity index (χ3v) is 2.52. The van der Waals surface area contributed by atoms with Crippen LogP contribution < -0.4 is 0 Å². The fourth-order valence-corrected chi connectivity index (χ4v) is 1.39. The summed E-state index contributed by atoms with van der Waals surface area (Å²) in [6.07, 6.45) is 7.92. The number of allylic oxidation sites excluding steroid dienone is 4. The summed E-state index contributed by atoms with van der Waals surface area (Å²) in [6.45, 7) is 1.90. The molecule has 0 saturated carbocycles. The van der Waals surface area contributed by atoms with E-state index in [4.69, 9.17) is 0 Å². The molecule has 0 radical (unpaired) electrons. The number of hydrogen-bond donors (Lipinski definition) is 0. The van der Waals surface area contributed by atoms with Gasteiger partial charge in [0.05, 0.1) is 0 Å². The molecule has 0 amide bonds. The van der Waals surface area contributed by atoms with Crippen LogP contribution >= 0.6 is 0 Å². The summed E-state index contributed by atoms with van der Waals surface area (Å²) in [6, 6.07) is 0. The molecular weight excluding hydrogens is 172 g/mol. The first-order valence-electron chi connectivity index (χ1n) is 3.52. The Hall–Kier alpha value is -1.05. The van der Waals surface area contributed by atoms with E-state index in [2.05, 4.69) is 5.73 Å². The average molecular weight is 182 g/mol. The van der Waals surface area contributed by atoms with Crippen LogP contribution in [0.1, 0.15) is 6.92 Å². The molecule has 1 rings (SSSR count). The van der Waals surface area contributed by atoms with Crippen molar-refractivity contribution in [3.05, 3.63) is 40.5 Å². The zero-order valence-electron chi connectivity index (χ0n) is 7.03. The van der Waals surface area contributed by atoms with Crippen LogP contribution in [0.2, 0.25) is 0 Å². The van der Waals surface area contributed by atoms with E-state index in [-0.39, 0.29) is 4.91 Å². The van der Waals surface area contributed by atoms with Gasteiger partial charge in [0.1, 0.15) is 4.91 Å². The third-order valence-electron chi connectivity index (χ3n) is 1.47. The maximum Gasteiger partial charge on any atom is 0.182 e. The highest BCUT2D eigenvalue weighted by Crippen LogP contribution is 2.09. The van der Waals surface area contributed by atoms with Crippen LogP contribution in [0.25, 0.3) is 0 Å². The fraction of sp³-hybridized carbons (Fsp3) is 0.222. The number of sulfone groups is 1. The van der Waals surface area contributed by atoms with Crippen molar-refractivity contribution in [3.63, 3.8) is 0 Å². The van der Waals surface area contributed by atoms with Gasteiger partial charge in [-0.15, -0.1) is 5.73 Å². The van der Waals surface area contributed by atoms with Crippen molar-refractivity contribution in [1.82, 2.24) is 0 Å². The van der Waals surface area contributed by atoms with Gasteiger partial charge in [-0.05, 0) is 19.1 Å². The van der Waals surface area contributed by atoms with E-state index in [0.29, 0.717) is 0 Å². The molecule has 0 bridgehead atoms. The summed E-state index contributed by atoms with van der Waals surface area (Å²) < 4.78 is 22.1. The molecule has 0 aromatic carbocycles. The Morgan fingerprint density at radius 1 is 1.33 bits per heavy atom. The van der Waals surface area contributed by atoms with Gasteiger partial charge in [-0.3, -0.25) is 0 Å². The minimum absolute atomic E-state index is 0.232. The summed E-state index contributed by atoms with van der Waals surface area (Å²) in [4.78, 5) is 0.232. The Bertz CT molecular complexity index is 402. The predicted octanol–water partition coefficient (Wildman–Crippen LogP) is 1.59. The zero-order valence-corrected chi connectivity index (χ0v) is 7.85. The van der Waals surface area contributed by atoms with Crippen molar-refractivity contribution in [2.75, 3.05) is 6.26 Å². The van der Waals surface area contributed by atoms with E-state index in [1.807, 2.05) is 13.0 Å². The van der Waals surface area contributed by atoms with Gasteiger partial charge >= 0.3 is 0 Å². The Labute approximate surface area is 72.5 Å². The maximum atomic E-state index is 11.1. The molecule has 0 spiro atoms. The lowest BCUT2D eigenvalue weighted by atomic mass is 10.3. The van der Waals surface area contributed by atoms with Gasteiger partial charge in [0.25, 0.3) is 0 Å². The molecule has 0 fully saturated rings. The van der Waals surface area contributed by atoms with E-state index >= 15 is 0 Å². The molecule has 0 heterocycles. The quantitative estimate of drug-likeness (QED) is 0.577. The van der Waals surface area contributed by atoms with Crippen LogP contribution in [0.15, 0.2) is 40.5 Å². The molecule has 1 aliphatic carbocycles. The highest BCUT2D eigenvalue weighted by atomic mass is 32.2. The second-order valence-corrected chi connectivity index (χ2v) is 4.68. The molecule has 0 atom stereocenters. The van der Waals surface area contributed by atoms with Gasteiger partial charge < -0.3 is 0 Å². The molecule has 0 aliphatic heterocycles. The van der Waals surface area contributed by atoms with Gasteiger partial charge in [-0.2, -0.15) is 0 Å². The summed E-state index contributed by atoms with van der Waals surface area (Å²) in [5.74, 6) is 0. The van der Waals surface area contributed by atoms with Crippen molar-refractivity contribution in [2.45, 2.75) is 6.92 Å². The SMILES string of the molecule is CC1=CC=C=C(S(C)(=O)=O)C=C1. The molecule has 0 saturated heterocycles. The standard InChI is InChI=1S/C9H10O2S/c1-8-4-3-5-9(7-6-8)12(2,10)11/h3-4,6-7H,1-2H3. The van der Waals surface area contributed by atoms with E-state index < -0.39 is 9.84 Å². The van der Waals surface area contributed by atoms with Crippen molar-refractivity contribution >= 4 is 9.84 Å². The topological polar surface area (TPSA) is 34.1 Å². The second kappa shape index (κ2) is 3.13. The predicted molar refractivity (Wildman–Crippen MR) is 49.3 cm³/mol. The molecule has 0 aromatic rings. The van der Waals surface area contributed by atoms with Gasteiger partial charge in [-0.1, -0.05) is 17.7 Å². The first kappa shape index (κ1) is 9.04. The largest absolute Gasteiger partial charge is 0.223 e. The summed E-state index contributed by atoms with van der Waals surface area (Å²) in [5, 5.41) is 0. The molecule has 1 aliphatic rings. The normalized spacial score (nSPS) is 16.8. The minimum atomic E-state index is -3.12. The van der Waals surface area contributed by atoms with E-state index in [0.717, 1.165) is 5.57 Å². The molecule has 0 N–H and O–H groups in total. The minimum Gasteiger partial charge on any atom is -0.223 e. The maximum absolute atomic E-state index is 11.1. The summed E-state index contributed by atoms with van der Waals surface area (Å²) in [7, 11) is -3.12. The van der Waals surface area contributed by atoms with Crippen molar-refractivity contribution in [1.29, 1.82) is 0 Å². The summed E-state index contributed by atoms with van der Waals surface area (Å²) >= 11 is 0. The zero-order chi connectivity index (χ0) is 9.19. The monoisotopic (exact) mass is 182 g/mol.